The molecule has 122 valence electrons. The van der Waals surface area contributed by atoms with Crippen LogP contribution in [0.2, 0.25) is 10.0 Å². The average molecular weight is 372 g/mol. The standard InChI is InChI=1S/C15H15Cl2N3O2S/c1-2-3-6-18-14(22)12-8-23-15(19-12)20-13(21)9-4-5-10(16)11(17)7-9/h4-5,7-8H,2-3,6H2,1H3,(H,18,22)(H,19,20,21). The van der Waals surface area contributed by atoms with Gasteiger partial charge in [-0.25, -0.2) is 4.98 Å². The summed E-state index contributed by atoms with van der Waals surface area (Å²) in [7, 11) is 0. The molecule has 0 saturated heterocycles. The Labute approximate surface area is 148 Å². The van der Waals surface area contributed by atoms with Gasteiger partial charge in [0.05, 0.1) is 10.0 Å². The van der Waals surface area contributed by atoms with Crippen LogP contribution in [0, 0.1) is 0 Å². The fourth-order valence-corrected chi connectivity index (χ4v) is 2.70. The van der Waals surface area contributed by atoms with Crippen LogP contribution in [0.15, 0.2) is 23.6 Å². The second-order valence-electron chi connectivity index (χ2n) is 4.73. The molecule has 1 aromatic carbocycles. The Morgan fingerprint density at radius 3 is 2.70 bits per heavy atom. The zero-order valence-electron chi connectivity index (χ0n) is 12.4. The van der Waals surface area contributed by atoms with Gasteiger partial charge in [0.1, 0.15) is 5.69 Å². The number of hydrogen-bond donors (Lipinski definition) is 2. The molecular weight excluding hydrogens is 357 g/mol. The van der Waals surface area contributed by atoms with E-state index in [0.29, 0.717) is 27.3 Å². The predicted octanol–water partition coefficient (Wildman–Crippen LogP) is 4.23. The van der Waals surface area contributed by atoms with Crippen molar-refractivity contribution in [1.29, 1.82) is 0 Å². The molecule has 1 aromatic heterocycles. The van der Waals surface area contributed by atoms with Crippen LogP contribution in [0.3, 0.4) is 0 Å². The van der Waals surface area contributed by atoms with Crippen LogP contribution in [0.1, 0.15) is 40.6 Å². The molecule has 2 rings (SSSR count). The number of thiazole rings is 1. The molecule has 0 spiro atoms. The summed E-state index contributed by atoms with van der Waals surface area (Å²) < 4.78 is 0. The topological polar surface area (TPSA) is 71.1 Å². The van der Waals surface area contributed by atoms with E-state index in [-0.39, 0.29) is 17.5 Å². The van der Waals surface area contributed by atoms with E-state index in [1.807, 2.05) is 6.92 Å². The van der Waals surface area contributed by atoms with E-state index in [1.54, 1.807) is 17.5 Å². The molecule has 5 nitrogen and oxygen atoms in total. The van der Waals surface area contributed by atoms with Crippen molar-refractivity contribution in [3.63, 3.8) is 0 Å². The van der Waals surface area contributed by atoms with Crippen LogP contribution in [0.5, 0.6) is 0 Å². The lowest BCUT2D eigenvalue weighted by atomic mass is 10.2. The molecule has 0 aliphatic rings. The van der Waals surface area contributed by atoms with Crippen LogP contribution in [0.25, 0.3) is 0 Å². The van der Waals surface area contributed by atoms with E-state index in [4.69, 9.17) is 23.2 Å². The quantitative estimate of drug-likeness (QED) is 0.746. The Hall–Kier alpha value is -1.63. The van der Waals surface area contributed by atoms with E-state index in [9.17, 15) is 9.59 Å². The molecule has 1 heterocycles. The van der Waals surface area contributed by atoms with Crippen molar-refractivity contribution in [2.45, 2.75) is 19.8 Å². The summed E-state index contributed by atoms with van der Waals surface area (Å²) >= 11 is 12.9. The minimum atomic E-state index is -0.365. The van der Waals surface area contributed by atoms with Gasteiger partial charge in [-0.15, -0.1) is 11.3 Å². The van der Waals surface area contributed by atoms with E-state index < -0.39 is 0 Å². The highest BCUT2D eigenvalue weighted by Gasteiger charge is 2.13. The second-order valence-corrected chi connectivity index (χ2v) is 6.40. The van der Waals surface area contributed by atoms with Gasteiger partial charge in [-0.05, 0) is 24.6 Å². The SMILES string of the molecule is CCCCNC(=O)c1csc(NC(=O)c2ccc(Cl)c(Cl)c2)n1. The molecule has 2 N–H and O–H groups in total. The lowest BCUT2D eigenvalue weighted by Gasteiger charge is -2.03. The van der Waals surface area contributed by atoms with Crippen LogP contribution < -0.4 is 10.6 Å². The van der Waals surface area contributed by atoms with Crippen molar-refractivity contribution in [2.75, 3.05) is 11.9 Å². The molecule has 2 amide bonds. The predicted molar refractivity (Wildman–Crippen MR) is 93.8 cm³/mol. The number of rotatable bonds is 6. The van der Waals surface area contributed by atoms with Gasteiger partial charge in [-0.1, -0.05) is 36.5 Å². The molecule has 0 aliphatic carbocycles. The van der Waals surface area contributed by atoms with Gasteiger partial charge >= 0.3 is 0 Å². The lowest BCUT2D eigenvalue weighted by Crippen LogP contribution is -2.24. The van der Waals surface area contributed by atoms with Gasteiger partial charge in [0.25, 0.3) is 11.8 Å². The number of anilines is 1. The Morgan fingerprint density at radius 2 is 2.00 bits per heavy atom. The molecule has 2 aromatic rings. The maximum Gasteiger partial charge on any atom is 0.270 e. The largest absolute Gasteiger partial charge is 0.351 e. The number of hydrogen-bond acceptors (Lipinski definition) is 4. The summed E-state index contributed by atoms with van der Waals surface area (Å²) in [5, 5.41) is 8.04. The van der Waals surface area contributed by atoms with Gasteiger partial charge in [0.15, 0.2) is 5.13 Å². The van der Waals surface area contributed by atoms with E-state index in [2.05, 4.69) is 15.6 Å². The number of aromatic nitrogens is 1. The molecule has 0 atom stereocenters. The van der Waals surface area contributed by atoms with E-state index in [1.165, 1.54) is 17.4 Å². The Bertz CT molecular complexity index is 718. The molecule has 0 saturated carbocycles. The third-order valence-electron chi connectivity index (χ3n) is 2.95. The highest BCUT2D eigenvalue weighted by atomic mass is 35.5. The number of nitrogens with zero attached hydrogens (tertiary/aromatic N) is 1. The first-order valence-corrected chi connectivity index (χ1v) is 8.65. The fourth-order valence-electron chi connectivity index (χ4n) is 1.71. The van der Waals surface area contributed by atoms with Gasteiger partial charge in [0, 0.05) is 17.5 Å². The summed E-state index contributed by atoms with van der Waals surface area (Å²) in [5.74, 6) is -0.611. The summed E-state index contributed by atoms with van der Waals surface area (Å²) in [6, 6.07) is 4.59. The molecule has 23 heavy (non-hydrogen) atoms. The fraction of sp³-hybridized carbons (Fsp3) is 0.267. The Balaban J connectivity index is 1.99. The molecule has 0 bridgehead atoms. The summed E-state index contributed by atoms with van der Waals surface area (Å²) in [5.41, 5.74) is 0.652. The maximum atomic E-state index is 12.1. The average Bonchev–Trinajstić information content (AvgIpc) is 2.98. The van der Waals surface area contributed by atoms with Crippen LogP contribution in [0.4, 0.5) is 5.13 Å². The monoisotopic (exact) mass is 371 g/mol. The van der Waals surface area contributed by atoms with Crippen molar-refractivity contribution < 1.29 is 9.59 Å². The zero-order chi connectivity index (χ0) is 16.8. The number of carbonyl (C=O) groups excluding carboxylic acids is 2. The first kappa shape index (κ1) is 17.7. The van der Waals surface area contributed by atoms with Gasteiger partial charge < -0.3 is 5.32 Å². The number of unbranched alkanes of at least 4 members (excludes halogenated alkanes) is 1. The Kier molecular flexibility index (Phi) is 6.38. The molecular formula is C15H15Cl2N3O2S. The van der Waals surface area contributed by atoms with Gasteiger partial charge in [0.2, 0.25) is 0 Å². The second kappa shape index (κ2) is 8.29. The number of amides is 2. The van der Waals surface area contributed by atoms with Crippen molar-refractivity contribution in [3.8, 4) is 0 Å². The molecule has 0 fully saturated rings. The number of benzene rings is 1. The summed E-state index contributed by atoms with van der Waals surface area (Å²) in [4.78, 5) is 28.1. The van der Waals surface area contributed by atoms with Crippen molar-refractivity contribution in [1.82, 2.24) is 10.3 Å². The van der Waals surface area contributed by atoms with E-state index in [0.717, 1.165) is 12.8 Å². The smallest absolute Gasteiger partial charge is 0.270 e. The Morgan fingerprint density at radius 1 is 1.22 bits per heavy atom. The molecule has 8 heteroatoms. The van der Waals surface area contributed by atoms with Crippen LogP contribution in [-0.4, -0.2) is 23.3 Å². The highest BCUT2D eigenvalue weighted by molar-refractivity contribution is 7.14. The van der Waals surface area contributed by atoms with Crippen LogP contribution >= 0.6 is 34.5 Å². The number of halogens is 2. The molecule has 0 aliphatic heterocycles. The number of carbonyl (C=O) groups is 2. The van der Waals surface area contributed by atoms with Gasteiger partial charge in [-0.2, -0.15) is 0 Å². The molecule has 0 unspecified atom stereocenters. The van der Waals surface area contributed by atoms with Crippen LogP contribution in [-0.2, 0) is 0 Å². The first-order valence-electron chi connectivity index (χ1n) is 7.01. The maximum absolute atomic E-state index is 12.1. The third-order valence-corrected chi connectivity index (χ3v) is 4.45. The number of nitrogens with one attached hydrogen (secondary N) is 2. The minimum absolute atomic E-state index is 0.246. The normalized spacial score (nSPS) is 10.4. The molecule has 0 radical (unpaired) electrons. The van der Waals surface area contributed by atoms with Gasteiger partial charge in [-0.3, -0.25) is 14.9 Å². The third kappa shape index (κ3) is 4.92. The highest BCUT2D eigenvalue weighted by Crippen LogP contribution is 2.23. The van der Waals surface area contributed by atoms with Crippen molar-refractivity contribution in [3.05, 3.63) is 44.9 Å². The summed E-state index contributed by atoms with van der Waals surface area (Å²) in [6.45, 7) is 2.66. The van der Waals surface area contributed by atoms with E-state index >= 15 is 0 Å². The summed E-state index contributed by atoms with van der Waals surface area (Å²) in [6.07, 6.45) is 1.92. The zero-order valence-corrected chi connectivity index (χ0v) is 14.7. The minimum Gasteiger partial charge on any atom is -0.351 e. The van der Waals surface area contributed by atoms with Crippen molar-refractivity contribution in [2.24, 2.45) is 0 Å². The van der Waals surface area contributed by atoms with Crippen molar-refractivity contribution >= 4 is 51.5 Å². The lowest BCUT2D eigenvalue weighted by molar-refractivity contribution is 0.0947. The first-order chi connectivity index (χ1) is 11.0.